The number of rotatable bonds is 2. The van der Waals surface area contributed by atoms with E-state index in [0.29, 0.717) is 0 Å². The van der Waals surface area contributed by atoms with Gasteiger partial charge in [0.2, 0.25) is 0 Å². The Kier molecular flexibility index (Phi) is 15.5. The molecular formula is C16H16Br2N4O4. The Morgan fingerprint density at radius 1 is 0.615 bits per heavy atom. The second-order valence-electron chi connectivity index (χ2n) is 4.08. The molecule has 0 aliphatic heterocycles. The summed E-state index contributed by atoms with van der Waals surface area (Å²) in [6.07, 6.45) is 7.00. The molecule has 0 spiro atoms. The predicted octanol–water partition coefficient (Wildman–Crippen LogP) is 4.82. The molecule has 0 aliphatic rings. The van der Waals surface area contributed by atoms with Crippen LogP contribution >= 0.6 is 34.0 Å². The summed E-state index contributed by atoms with van der Waals surface area (Å²) in [5, 5.41) is 20.3. The number of hydrogen-bond acceptors (Lipinski definition) is 6. The fourth-order valence-electron chi connectivity index (χ4n) is 1.35. The first-order valence-corrected chi connectivity index (χ1v) is 6.70. The lowest BCUT2D eigenvalue weighted by molar-refractivity contribution is -0.394. The van der Waals surface area contributed by atoms with Crippen molar-refractivity contribution in [2.75, 3.05) is 0 Å². The molecule has 3 rings (SSSR count). The smallest absolute Gasteiger partial charge is 0.265 e. The minimum atomic E-state index is -0.674. The van der Waals surface area contributed by atoms with Crippen LogP contribution in [0.5, 0.6) is 0 Å². The summed E-state index contributed by atoms with van der Waals surface area (Å²) in [4.78, 5) is 26.5. The SMILES string of the molecule is Br.Br.O=[N+]([O-])c1cccc([N+](=O)[O-])c1.c1ccncc1.c1ccncc1. The maximum Gasteiger partial charge on any atom is 0.276 e. The normalized spacial score (nSPS) is 8.00. The van der Waals surface area contributed by atoms with Crippen LogP contribution in [0.3, 0.4) is 0 Å². The van der Waals surface area contributed by atoms with E-state index in [0.717, 1.165) is 6.07 Å². The van der Waals surface area contributed by atoms with Crippen molar-refractivity contribution >= 4 is 45.3 Å². The standard InChI is InChI=1S/C6H4N2O4.2C5H5N.2BrH/c9-7(10)5-2-1-3-6(4-5)8(11)12;2*1-2-4-6-5-3-1;;/h1-4H;2*1-5H;2*1H. The third kappa shape index (κ3) is 11.8. The highest BCUT2D eigenvalue weighted by Crippen LogP contribution is 2.18. The lowest BCUT2D eigenvalue weighted by Gasteiger charge is -1.90. The summed E-state index contributed by atoms with van der Waals surface area (Å²) in [7, 11) is 0. The van der Waals surface area contributed by atoms with Crippen molar-refractivity contribution < 1.29 is 9.85 Å². The summed E-state index contributed by atoms with van der Waals surface area (Å²) < 4.78 is 0. The molecule has 0 radical (unpaired) electrons. The molecule has 1 aromatic carbocycles. The molecule has 10 heteroatoms. The highest BCUT2D eigenvalue weighted by molar-refractivity contribution is 8.93. The number of non-ortho nitro benzene ring substituents is 2. The average Bonchev–Trinajstić information content (AvgIpc) is 2.65. The molecule has 138 valence electrons. The number of nitro benzene ring substituents is 2. The van der Waals surface area contributed by atoms with Crippen LogP contribution < -0.4 is 0 Å². The molecule has 0 atom stereocenters. The maximum atomic E-state index is 10.2. The number of nitro groups is 2. The third-order valence-electron chi connectivity index (χ3n) is 2.38. The van der Waals surface area contributed by atoms with Gasteiger partial charge in [-0.2, -0.15) is 0 Å². The average molecular weight is 488 g/mol. The second kappa shape index (κ2) is 15.8. The van der Waals surface area contributed by atoms with E-state index >= 15 is 0 Å². The van der Waals surface area contributed by atoms with Crippen LogP contribution in [0.15, 0.2) is 85.5 Å². The molecule has 2 aromatic heterocycles. The summed E-state index contributed by atoms with van der Waals surface area (Å²) in [5.41, 5.74) is -0.548. The molecule has 26 heavy (non-hydrogen) atoms. The van der Waals surface area contributed by atoms with E-state index in [9.17, 15) is 20.2 Å². The molecule has 0 saturated heterocycles. The first-order valence-electron chi connectivity index (χ1n) is 6.70. The van der Waals surface area contributed by atoms with Gasteiger partial charge in [0.1, 0.15) is 0 Å². The maximum absolute atomic E-state index is 10.2. The molecule has 0 unspecified atom stereocenters. The van der Waals surface area contributed by atoms with Gasteiger partial charge in [-0.3, -0.25) is 30.2 Å². The highest BCUT2D eigenvalue weighted by Gasteiger charge is 2.11. The number of halogens is 2. The van der Waals surface area contributed by atoms with E-state index < -0.39 is 9.85 Å². The highest BCUT2D eigenvalue weighted by atomic mass is 79.9. The summed E-state index contributed by atoms with van der Waals surface area (Å²) in [5.74, 6) is 0. The van der Waals surface area contributed by atoms with Gasteiger partial charge in [-0.15, -0.1) is 34.0 Å². The van der Waals surface area contributed by atoms with Crippen LogP contribution in [0.25, 0.3) is 0 Å². The lowest BCUT2D eigenvalue weighted by atomic mass is 10.3. The van der Waals surface area contributed by atoms with Crippen LogP contribution in [0.4, 0.5) is 11.4 Å². The quantitative estimate of drug-likeness (QED) is 0.378. The zero-order chi connectivity index (χ0) is 17.6. The van der Waals surface area contributed by atoms with Gasteiger partial charge in [0, 0.05) is 36.9 Å². The summed E-state index contributed by atoms with van der Waals surface area (Å²) >= 11 is 0. The van der Waals surface area contributed by atoms with Crippen molar-refractivity contribution in [3.05, 3.63) is 106 Å². The van der Waals surface area contributed by atoms with Crippen LogP contribution in [0, 0.1) is 20.2 Å². The van der Waals surface area contributed by atoms with Crippen molar-refractivity contribution in [3.63, 3.8) is 0 Å². The Balaban J connectivity index is 0. The fraction of sp³-hybridized carbons (Fsp3) is 0. The number of nitrogens with zero attached hydrogens (tertiary/aromatic N) is 4. The molecular weight excluding hydrogens is 472 g/mol. The van der Waals surface area contributed by atoms with Gasteiger partial charge in [0.05, 0.1) is 15.9 Å². The Bertz CT molecular complexity index is 635. The summed E-state index contributed by atoms with van der Waals surface area (Å²) in [6, 6.07) is 16.0. The van der Waals surface area contributed by atoms with Crippen LogP contribution in [-0.4, -0.2) is 19.8 Å². The van der Waals surface area contributed by atoms with Gasteiger partial charge in [-0.25, -0.2) is 0 Å². The monoisotopic (exact) mass is 486 g/mol. The van der Waals surface area contributed by atoms with Crippen LogP contribution in [-0.2, 0) is 0 Å². The zero-order valence-electron chi connectivity index (χ0n) is 13.3. The van der Waals surface area contributed by atoms with Crippen LogP contribution in [0.2, 0.25) is 0 Å². The minimum absolute atomic E-state index is 0. The van der Waals surface area contributed by atoms with Crippen LogP contribution in [0.1, 0.15) is 0 Å². The van der Waals surface area contributed by atoms with Gasteiger partial charge in [0.25, 0.3) is 11.4 Å². The number of benzene rings is 1. The van der Waals surface area contributed by atoms with Crippen molar-refractivity contribution in [3.8, 4) is 0 Å². The number of aromatic nitrogens is 2. The molecule has 0 fully saturated rings. The van der Waals surface area contributed by atoms with Gasteiger partial charge < -0.3 is 0 Å². The van der Waals surface area contributed by atoms with Gasteiger partial charge in [-0.05, 0) is 30.3 Å². The molecule has 0 saturated carbocycles. The topological polar surface area (TPSA) is 112 Å². The van der Waals surface area contributed by atoms with Crippen molar-refractivity contribution in [2.24, 2.45) is 0 Å². The predicted molar refractivity (Wildman–Crippen MR) is 109 cm³/mol. The van der Waals surface area contributed by atoms with E-state index in [1.54, 1.807) is 24.8 Å². The van der Waals surface area contributed by atoms with Gasteiger partial charge >= 0.3 is 0 Å². The third-order valence-corrected chi connectivity index (χ3v) is 2.38. The van der Waals surface area contributed by atoms with E-state index in [1.807, 2.05) is 36.4 Å². The minimum Gasteiger partial charge on any atom is -0.265 e. The largest absolute Gasteiger partial charge is 0.276 e. The van der Waals surface area contributed by atoms with Crippen molar-refractivity contribution in [2.45, 2.75) is 0 Å². The second-order valence-corrected chi connectivity index (χ2v) is 4.08. The Hall–Kier alpha value is -2.72. The number of hydrogen-bond donors (Lipinski definition) is 0. The molecule has 0 amide bonds. The Morgan fingerprint density at radius 3 is 1.15 bits per heavy atom. The Labute approximate surface area is 170 Å². The molecule has 8 nitrogen and oxygen atoms in total. The Morgan fingerprint density at radius 2 is 0.962 bits per heavy atom. The summed E-state index contributed by atoms with van der Waals surface area (Å²) in [6.45, 7) is 0. The number of pyridine rings is 2. The molecule has 0 aliphatic carbocycles. The van der Waals surface area contributed by atoms with E-state index in [1.165, 1.54) is 18.2 Å². The van der Waals surface area contributed by atoms with Gasteiger partial charge in [-0.1, -0.05) is 12.1 Å². The lowest BCUT2D eigenvalue weighted by Crippen LogP contribution is -1.91. The fourth-order valence-corrected chi connectivity index (χ4v) is 1.35. The molecule has 3 aromatic rings. The molecule has 2 heterocycles. The zero-order valence-corrected chi connectivity index (χ0v) is 16.7. The van der Waals surface area contributed by atoms with E-state index in [-0.39, 0.29) is 45.3 Å². The molecule has 0 N–H and O–H groups in total. The van der Waals surface area contributed by atoms with Crippen molar-refractivity contribution in [1.29, 1.82) is 0 Å². The van der Waals surface area contributed by atoms with Crippen molar-refractivity contribution in [1.82, 2.24) is 9.97 Å². The van der Waals surface area contributed by atoms with E-state index in [4.69, 9.17) is 0 Å². The first kappa shape index (κ1) is 25.5. The first-order chi connectivity index (χ1) is 11.6. The van der Waals surface area contributed by atoms with Gasteiger partial charge in [0.15, 0.2) is 0 Å². The molecule has 0 bridgehead atoms. The van der Waals surface area contributed by atoms with E-state index in [2.05, 4.69) is 9.97 Å².